The van der Waals surface area contributed by atoms with E-state index < -0.39 is 0 Å². The number of nitrogens with two attached hydrogens (primary N) is 1. The topological polar surface area (TPSA) is 77.2 Å². The molecule has 6 heteroatoms. The van der Waals surface area contributed by atoms with Crippen molar-refractivity contribution < 1.29 is 9.53 Å². The number of ether oxygens (including phenoxy) is 1. The van der Waals surface area contributed by atoms with Crippen LogP contribution in [0, 0.1) is 0 Å². The molecule has 0 saturated carbocycles. The maximum absolute atomic E-state index is 11.4. The first-order valence-electron chi connectivity index (χ1n) is 5.30. The van der Waals surface area contributed by atoms with E-state index >= 15 is 0 Å². The van der Waals surface area contributed by atoms with Crippen LogP contribution in [0.3, 0.4) is 0 Å². The lowest BCUT2D eigenvalue weighted by atomic mass is 10.1. The van der Waals surface area contributed by atoms with Crippen LogP contribution < -0.4 is 11.1 Å². The van der Waals surface area contributed by atoms with Crippen molar-refractivity contribution in [2.45, 2.75) is 6.54 Å². The summed E-state index contributed by atoms with van der Waals surface area (Å²) in [6, 6.07) is 5.00. The van der Waals surface area contributed by atoms with Gasteiger partial charge in [0.25, 0.3) is 0 Å². The number of carbonyl (C=O) groups is 1. The Morgan fingerprint density at radius 2 is 2.39 bits per heavy atom. The van der Waals surface area contributed by atoms with Gasteiger partial charge in [0.1, 0.15) is 0 Å². The first kappa shape index (κ1) is 12.4. The molecular formula is C12H13N3O2S. The third-order valence-corrected chi connectivity index (χ3v) is 3.19. The molecule has 0 aliphatic rings. The molecule has 18 heavy (non-hydrogen) atoms. The zero-order valence-electron chi connectivity index (χ0n) is 9.84. The molecule has 0 unspecified atom stereocenters. The van der Waals surface area contributed by atoms with Crippen molar-refractivity contribution in [2.24, 2.45) is 0 Å². The number of rotatable bonds is 4. The van der Waals surface area contributed by atoms with Crippen molar-refractivity contribution in [2.75, 3.05) is 18.2 Å². The first-order chi connectivity index (χ1) is 8.70. The van der Waals surface area contributed by atoms with Crippen molar-refractivity contribution in [3.63, 3.8) is 0 Å². The van der Waals surface area contributed by atoms with Crippen LogP contribution in [0.2, 0.25) is 0 Å². The highest BCUT2D eigenvalue weighted by molar-refractivity contribution is 7.09. The van der Waals surface area contributed by atoms with Gasteiger partial charge in [-0.2, -0.15) is 0 Å². The van der Waals surface area contributed by atoms with Gasteiger partial charge < -0.3 is 15.8 Å². The molecule has 0 aliphatic carbocycles. The molecule has 1 aromatic heterocycles. The number of esters is 1. The zero-order chi connectivity index (χ0) is 13.0. The first-order valence-corrected chi connectivity index (χ1v) is 6.17. The van der Waals surface area contributed by atoms with E-state index in [1.54, 1.807) is 41.2 Å². The summed E-state index contributed by atoms with van der Waals surface area (Å²) in [7, 11) is 1.35. The number of nitrogens with one attached hydrogen (secondary N) is 1. The van der Waals surface area contributed by atoms with Crippen LogP contribution in [0.15, 0.2) is 29.9 Å². The lowest BCUT2D eigenvalue weighted by molar-refractivity contribution is 0.0601. The second kappa shape index (κ2) is 5.50. The third-order valence-electron chi connectivity index (χ3n) is 2.41. The number of nitrogen functional groups attached to an aromatic ring is 1. The summed E-state index contributed by atoms with van der Waals surface area (Å²) >= 11 is 1.56. The average molecular weight is 263 g/mol. The molecule has 94 valence electrons. The fourth-order valence-electron chi connectivity index (χ4n) is 1.47. The van der Waals surface area contributed by atoms with Gasteiger partial charge in [-0.25, -0.2) is 4.79 Å². The van der Waals surface area contributed by atoms with Crippen LogP contribution in [0.4, 0.5) is 11.4 Å². The van der Waals surface area contributed by atoms with Gasteiger partial charge in [-0.1, -0.05) is 0 Å². The molecule has 0 bridgehead atoms. The van der Waals surface area contributed by atoms with Crippen molar-refractivity contribution in [1.82, 2.24) is 4.98 Å². The summed E-state index contributed by atoms with van der Waals surface area (Å²) in [4.78, 5) is 16.5. The molecular weight excluding hydrogens is 250 g/mol. The summed E-state index contributed by atoms with van der Waals surface area (Å²) in [5.41, 5.74) is 9.39. The van der Waals surface area contributed by atoms with E-state index in [4.69, 9.17) is 5.73 Å². The van der Waals surface area contributed by atoms with Crippen LogP contribution in [0.25, 0.3) is 0 Å². The van der Waals surface area contributed by atoms with Gasteiger partial charge in [-0.15, -0.1) is 11.3 Å². The van der Waals surface area contributed by atoms with Crippen molar-refractivity contribution in [3.05, 3.63) is 40.3 Å². The normalized spacial score (nSPS) is 10.1. The summed E-state index contributed by atoms with van der Waals surface area (Å²) in [5, 5.41) is 3.17. The summed E-state index contributed by atoms with van der Waals surface area (Å²) < 4.78 is 4.67. The van der Waals surface area contributed by atoms with Crippen LogP contribution >= 0.6 is 11.3 Å². The van der Waals surface area contributed by atoms with Crippen LogP contribution in [-0.2, 0) is 11.3 Å². The molecule has 0 saturated heterocycles. The number of methoxy groups -OCH3 is 1. The zero-order valence-corrected chi connectivity index (χ0v) is 10.7. The Hall–Kier alpha value is -2.08. The SMILES string of the molecule is COC(=O)c1ccc(N)c(NCc2cncs2)c1. The lowest BCUT2D eigenvalue weighted by Crippen LogP contribution is -2.05. The van der Waals surface area contributed by atoms with E-state index in [2.05, 4.69) is 15.0 Å². The number of anilines is 2. The fourth-order valence-corrected chi connectivity index (χ4v) is 2.00. The van der Waals surface area contributed by atoms with Gasteiger partial charge >= 0.3 is 5.97 Å². The summed E-state index contributed by atoms with van der Waals surface area (Å²) in [6.45, 7) is 0.624. The molecule has 1 aromatic carbocycles. The highest BCUT2D eigenvalue weighted by atomic mass is 32.1. The van der Waals surface area contributed by atoms with Gasteiger partial charge in [0.2, 0.25) is 0 Å². The molecule has 0 spiro atoms. The van der Waals surface area contributed by atoms with Gasteiger partial charge in [0, 0.05) is 11.1 Å². The lowest BCUT2D eigenvalue weighted by Gasteiger charge is -2.09. The highest BCUT2D eigenvalue weighted by Crippen LogP contribution is 2.21. The van der Waals surface area contributed by atoms with Gasteiger partial charge in [-0.05, 0) is 18.2 Å². The monoisotopic (exact) mass is 263 g/mol. The number of nitrogens with zero attached hydrogens (tertiary/aromatic N) is 1. The molecule has 0 amide bonds. The van der Waals surface area contributed by atoms with Crippen LogP contribution in [0.1, 0.15) is 15.2 Å². The van der Waals surface area contributed by atoms with Crippen LogP contribution in [-0.4, -0.2) is 18.1 Å². The van der Waals surface area contributed by atoms with Crippen molar-refractivity contribution in [3.8, 4) is 0 Å². The number of hydrogen-bond acceptors (Lipinski definition) is 6. The Morgan fingerprint density at radius 1 is 1.56 bits per heavy atom. The van der Waals surface area contributed by atoms with E-state index in [-0.39, 0.29) is 5.97 Å². The van der Waals surface area contributed by atoms with Gasteiger partial charge in [-0.3, -0.25) is 4.98 Å². The van der Waals surface area contributed by atoms with Crippen LogP contribution in [0.5, 0.6) is 0 Å². The minimum absolute atomic E-state index is 0.379. The van der Waals surface area contributed by atoms with Gasteiger partial charge in [0.05, 0.1) is 36.1 Å². The smallest absolute Gasteiger partial charge is 0.337 e. The summed E-state index contributed by atoms with van der Waals surface area (Å²) in [6.07, 6.45) is 1.79. The Bertz CT molecular complexity index is 540. The molecule has 2 aromatic rings. The highest BCUT2D eigenvalue weighted by Gasteiger charge is 2.08. The molecule has 3 N–H and O–H groups in total. The number of aromatic nitrogens is 1. The molecule has 0 fully saturated rings. The second-order valence-corrected chi connectivity index (χ2v) is 4.59. The molecule has 2 rings (SSSR count). The largest absolute Gasteiger partial charge is 0.465 e. The van der Waals surface area contributed by atoms with E-state index in [1.165, 1.54) is 7.11 Å². The number of carbonyl (C=O) groups excluding carboxylic acids is 1. The van der Waals surface area contributed by atoms with Crippen molar-refractivity contribution >= 4 is 28.7 Å². The molecule has 5 nitrogen and oxygen atoms in total. The van der Waals surface area contributed by atoms with E-state index in [9.17, 15) is 4.79 Å². The summed E-state index contributed by atoms with van der Waals surface area (Å²) in [5.74, 6) is -0.379. The minimum Gasteiger partial charge on any atom is -0.465 e. The van der Waals surface area contributed by atoms with E-state index in [0.717, 1.165) is 4.88 Å². The molecule has 1 heterocycles. The Balaban J connectivity index is 2.13. The average Bonchev–Trinajstić information content (AvgIpc) is 2.90. The predicted molar refractivity (Wildman–Crippen MR) is 71.6 cm³/mol. The fraction of sp³-hybridized carbons (Fsp3) is 0.167. The Labute approximate surface area is 109 Å². The minimum atomic E-state index is -0.379. The Morgan fingerprint density at radius 3 is 3.06 bits per heavy atom. The predicted octanol–water partition coefficient (Wildman–Crippen LogP) is 2.12. The number of benzene rings is 1. The van der Waals surface area contributed by atoms with Crippen molar-refractivity contribution in [1.29, 1.82) is 0 Å². The molecule has 0 atom stereocenters. The standard InChI is InChI=1S/C12H13N3O2S/c1-17-12(16)8-2-3-10(13)11(4-8)15-6-9-5-14-7-18-9/h2-5,7,15H,6,13H2,1H3. The van der Waals surface area contributed by atoms with E-state index in [0.29, 0.717) is 23.5 Å². The molecule has 0 aliphatic heterocycles. The maximum atomic E-state index is 11.4. The number of thiazole rings is 1. The van der Waals surface area contributed by atoms with Gasteiger partial charge in [0.15, 0.2) is 0 Å². The second-order valence-electron chi connectivity index (χ2n) is 3.61. The Kier molecular flexibility index (Phi) is 3.78. The third kappa shape index (κ3) is 2.78. The quantitative estimate of drug-likeness (QED) is 0.652. The number of hydrogen-bond donors (Lipinski definition) is 2. The maximum Gasteiger partial charge on any atom is 0.337 e. The molecule has 0 radical (unpaired) electrons. The van der Waals surface area contributed by atoms with E-state index in [1.807, 2.05) is 0 Å².